The van der Waals surface area contributed by atoms with E-state index >= 15 is 0 Å². The van der Waals surface area contributed by atoms with E-state index in [2.05, 4.69) is 41.7 Å². The fourth-order valence-corrected chi connectivity index (χ4v) is 4.09. The molecule has 0 aromatic carbocycles. The van der Waals surface area contributed by atoms with Crippen LogP contribution in [-0.4, -0.2) is 30.4 Å². The predicted molar refractivity (Wildman–Crippen MR) is 76.5 cm³/mol. The first-order valence-corrected chi connectivity index (χ1v) is 7.47. The monoisotopic (exact) mass is 266 g/mol. The van der Waals surface area contributed by atoms with Gasteiger partial charge >= 0.3 is 0 Å². The molecule has 0 spiro atoms. The van der Waals surface area contributed by atoms with E-state index in [0.717, 1.165) is 18.8 Å². The molecule has 1 aromatic heterocycles. The average Bonchev–Trinajstić information content (AvgIpc) is 2.85. The summed E-state index contributed by atoms with van der Waals surface area (Å²) >= 11 is 1.86. The van der Waals surface area contributed by atoms with E-state index in [-0.39, 0.29) is 0 Å². The maximum absolute atomic E-state index is 8.59. The van der Waals surface area contributed by atoms with Crippen LogP contribution in [0.5, 0.6) is 0 Å². The second-order valence-corrected chi connectivity index (χ2v) is 6.34. The van der Waals surface area contributed by atoms with Gasteiger partial charge in [-0.1, -0.05) is 6.07 Å². The first-order valence-electron chi connectivity index (χ1n) is 6.59. The van der Waals surface area contributed by atoms with E-state index in [1.54, 1.807) is 6.21 Å². The van der Waals surface area contributed by atoms with Crippen molar-refractivity contribution in [1.29, 1.82) is 0 Å². The Hall–Kier alpha value is -0.870. The van der Waals surface area contributed by atoms with Crippen molar-refractivity contribution in [2.45, 2.75) is 31.7 Å². The molecule has 1 unspecified atom stereocenters. The zero-order valence-corrected chi connectivity index (χ0v) is 11.9. The lowest BCUT2D eigenvalue weighted by atomic mass is 9.78. The largest absolute Gasteiger partial charge is 0.411 e. The Bertz CT molecular complexity index is 367. The van der Waals surface area contributed by atoms with E-state index in [9.17, 15) is 0 Å². The number of oxime groups is 1. The van der Waals surface area contributed by atoms with Gasteiger partial charge in [0.15, 0.2) is 0 Å². The SMILES string of the molecule is CN(C)C(c1cccs1)C1CCC(/C=N/O)CC1. The molecule has 1 aromatic rings. The lowest BCUT2D eigenvalue weighted by molar-refractivity contribution is 0.165. The van der Waals surface area contributed by atoms with Crippen molar-refractivity contribution in [3.63, 3.8) is 0 Å². The first kappa shape index (κ1) is 13.6. The van der Waals surface area contributed by atoms with Gasteiger partial charge in [-0.25, -0.2) is 0 Å². The van der Waals surface area contributed by atoms with E-state index < -0.39 is 0 Å². The molecule has 1 aliphatic rings. The zero-order valence-electron chi connectivity index (χ0n) is 11.1. The summed E-state index contributed by atoms with van der Waals surface area (Å²) in [5.41, 5.74) is 0. The number of thiophene rings is 1. The van der Waals surface area contributed by atoms with Gasteiger partial charge in [0, 0.05) is 17.1 Å². The van der Waals surface area contributed by atoms with Crippen LogP contribution in [0, 0.1) is 11.8 Å². The highest BCUT2D eigenvalue weighted by atomic mass is 32.1. The molecule has 1 N–H and O–H groups in total. The summed E-state index contributed by atoms with van der Waals surface area (Å²) in [5.74, 6) is 1.19. The van der Waals surface area contributed by atoms with Crippen LogP contribution in [0.15, 0.2) is 22.7 Å². The maximum atomic E-state index is 8.59. The van der Waals surface area contributed by atoms with Crippen LogP contribution in [0.25, 0.3) is 0 Å². The molecule has 1 saturated carbocycles. The molecular formula is C14H22N2OS. The molecule has 1 aliphatic carbocycles. The van der Waals surface area contributed by atoms with Crippen molar-refractivity contribution in [2.75, 3.05) is 14.1 Å². The Balaban J connectivity index is 2.01. The standard InChI is InChI=1S/C14H22N2OS/c1-16(2)14(13-4-3-9-18-13)12-7-5-11(6-8-12)10-15-17/h3-4,9-12,14,17H,5-8H2,1-2H3/b15-10+. The van der Waals surface area contributed by atoms with E-state index in [1.165, 1.54) is 17.7 Å². The molecule has 4 heteroatoms. The molecule has 18 heavy (non-hydrogen) atoms. The molecule has 3 nitrogen and oxygen atoms in total. The summed E-state index contributed by atoms with van der Waals surface area (Å²) in [6.45, 7) is 0. The lowest BCUT2D eigenvalue weighted by Crippen LogP contribution is -2.30. The quantitative estimate of drug-likeness (QED) is 0.513. The van der Waals surface area contributed by atoms with Crippen molar-refractivity contribution in [3.05, 3.63) is 22.4 Å². The summed E-state index contributed by atoms with van der Waals surface area (Å²) in [6, 6.07) is 4.92. The number of hydrogen-bond acceptors (Lipinski definition) is 4. The highest BCUT2D eigenvalue weighted by Gasteiger charge is 2.29. The molecule has 0 radical (unpaired) electrons. The van der Waals surface area contributed by atoms with E-state index in [1.807, 2.05) is 11.3 Å². The van der Waals surface area contributed by atoms with Crippen LogP contribution in [0.4, 0.5) is 0 Å². The minimum Gasteiger partial charge on any atom is -0.411 e. The van der Waals surface area contributed by atoms with Gasteiger partial charge in [0.2, 0.25) is 0 Å². The van der Waals surface area contributed by atoms with Crippen molar-refractivity contribution in [3.8, 4) is 0 Å². The molecule has 0 bridgehead atoms. The number of hydrogen-bond donors (Lipinski definition) is 1. The van der Waals surface area contributed by atoms with Gasteiger partial charge in [0.05, 0.1) is 0 Å². The van der Waals surface area contributed by atoms with Crippen LogP contribution in [-0.2, 0) is 0 Å². The zero-order chi connectivity index (χ0) is 13.0. The number of rotatable bonds is 4. The summed E-state index contributed by atoms with van der Waals surface area (Å²) in [4.78, 5) is 3.82. The lowest BCUT2D eigenvalue weighted by Gasteiger charge is -2.36. The van der Waals surface area contributed by atoms with Crippen molar-refractivity contribution in [1.82, 2.24) is 4.90 Å². The van der Waals surface area contributed by atoms with Crippen molar-refractivity contribution in [2.24, 2.45) is 17.0 Å². The normalized spacial score (nSPS) is 26.8. The van der Waals surface area contributed by atoms with Crippen LogP contribution in [0.3, 0.4) is 0 Å². The fraction of sp³-hybridized carbons (Fsp3) is 0.643. The first-order chi connectivity index (χ1) is 8.72. The smallest absolute Gasteiger partial charge is 0.0466 e. The molecule has 1 heterocycles. The maximum Gasteiger partial charge on any atom is 0.0466 e. The molecule has 100 valence electrons. The highest BCUT2D eigenvalue weighted by molar-refractivity contribution is 7.10. The summed E-state index contributed by atoms with van der Waals surface area (Å²) in [5, 5.41) is 13.9. The molecule has 0 amide bonds. The van der Waals surface area contributed by atoms with E-state index in [0.29, 0.717) is 12.0 Å². The van der Waals surface area contributed by atoms with E-state index in [4.69, 9.17) is 5.21 Å². The minimum atomic E-state index is 0.470. The van der Waals surface area contributed by atoms with Crippen LogP contribution < -0.4 is 0 Å². The second kappa shape index (κ2) is 6.34. The van der Waals surface area contributed by atoms with Crippen molar-refractivity contribution < 1.29 is 5.21 Å². The minimum absolute atomic E-state index is 0.470. The third-order valence-electron chi connectivity index (χ3n) is 3.93. The third kappa shape index (κ3) is 3.12. The van der Waals surface area contributed by atoms with Crippen LogP contribution in [0.2, 0.25) is 0 Å². The Labute approximate surface area is 113 Å². The van der Waals surface area contributed by atoms with Gasteiger partial charge in [-0.05, 0) is 63.1 Å². The molecule has 1 atom stereocenters. The number of nitrogens with zero attached hydrogens (tertiary/aromatic N) is 2. The van der Waals surface area contributed by atoms with Gasteiger partial charge in [0.1, 0.15) is 0 Å². The van der Waals surface area contributed by atoms with Gasteiger partial charge in [0.25, 0.3) is 0 Å². The third-order valence-corrected chi connectivity index (χ3v) is 4.87. The molecule has 1 fully saturated rings. The summed E-state index contributed by atoms with van der Waals surface area (Å²) in [6.07, 6.45) is 6.43. The molecule has 0 aliphatic heterocycles. The Morgan fingerprint density at radius 2 is 2.11 bits per heavy atom. The van der Waals surface area contributed by atoms with Crippen LogP contribution in [0.1, 0.15) is 36.6 Å². The van der Waals surface area contributed by atoms with Gasteiger partial charge in [-0.2, -0.15) is 0 Å². The second-order valence-electron chi connectivity index (χ2n) is 5.36. The van der Waals surface area contributed by atoms with Gasteiger partial charge in [-0.3, -0.25) is 0 Å². The topological polar surface area (TPSA) is 35.8 Å². The Morgan fingerprint density at radius 1 is 1.39 bits per heavy atom. The summed E-state index contributed by atoms with van der Waals surface area (Å²) < 4.78 is 0. The molecule has 2 rings (SSSR count). The fourth-order valence-electron chi connectivity index (χ4n) is 3.07. The highest BCUT2D eigenvalue weighted by Crippen LogP contribution is 2.40. The summed E-state index contributed by atoms with van der Waals surface area (Å²) in [7, 11) is 4.34. The van der Waals surface area contributed by atoms with Crippen LogP contribution >= 0.6 is 11.3 Å². The Morgan fingerprint density at radius 3 is 2.61 bits per heavy atom. The Kier molecular flexibility index (Phi) is 4.78. The molecule has 0 saturated heterocycles. The predicted octanol–water partition coefficient (Wildman–Crippen LogP) is 3.62. The van der Waals surface area contributed by atoms with Gasteiger partial charge < -0.3 is 10.1 Å². The molecular weight excluding hydrogens is 244 g/mol. The van der Waals surface area contributed by atoms with Gasteiger partial charge in [-0.15, -0.1) is 16.5 Å². The van der Waals surface area contributed by atoms with Crippen molar-refractivity contribution >= 4 is 17.6 Å². The average molecular weight is 266 g/mol.